The molecule has 3 aromatic rings. The van der Waals surface area contributed by atoms with Crippen LogP contribution in [0.1, 0.15) is 36.1 Å². The van der Waals surface area contributed by atoms with Crippen LogP contribution in [-0.2, 0) is 10.0 Å². The molecular weight excluding hydrogens is 492 g/mol. The maximum Gasteiger partial charge on any atom is 0.280 e. The zero-order valence-corrected chi connectivity index (χ0v) is 20.4. The first-order valence-electron chi connectivity index (χ1n) is 10.5. The summed E-state index contributed by atoms with van der Waals surface area (Å²) in [5, 5.41) is 3.09. The molecule has 168 valence electrons. The number of aromatic amines is 1. The average molecular weight is 517 g/mol. The number of rotatable bonds is 5. The van der Waals surface area contributed by atoms with Gasteiger partial charge in [-0.15, -0.1) is 0 Å². The number of nitrogens with one attached hydrogen (secondary N) is 1. The monoisotopic (exact) mass is 516 g/mol. The highest BCUT2D eigenvalue weighted by atomic mass is 79.9. The lowest BCUT2D eigenvalue weighted by Crippen LogP contribution is -2.35. The highest BCUT2D eigenvalue weighted by molar-refractivity contribution is 9.10. The zero-order valence-electron chi connectivity index (χ0n) is 18.0. The Labute approximate surface area is 196 Å². The summed E-state index contributed by atoms with van der Waals surface area (Å²) in [6.07, 6.45) is 4.38. The maximum atomic E-state index is 12.9. The molecule has 7 nitrogen and oxygen atoms in total. The van der Waals surface area contributed by atoms with Crippen molar-refractivity contribution in [1.29, 1.82) is 0 Å². The molecule has 1 aliphatic rings. The van der Waals surface area contributed by atoms with E-state index in [1.165, 1.54) is 10.9 Å². The number of H-pyrrole nitrogens is 1. The van der Waals surface area contributed by atoms with Crippen LogP contribution in [0.2, 0.25) is 0 Å². The summed E-state index contributed by atoms with van der Waals surface area (Å²) in [5.41, 5.74) is 3.30. The molecule has 0 saturated carbocycles. The molecule has 0 bridgehead atoms. The lowest BCUT2D eigenvalue weighted by atomic mass is 10.2. The third kappa shape index (κ3) is 4.51. The van der Waals surface area contributed by atoms with E-state index < -0.39 is 10.0 Å². The van der Waals surface area contributed by atoms with Gasteiger partial charge in [-0.2, -0.15) is 4.31 Å². The van der Waals surface area contributed by atoms with Crippen molar-refractivity contribution in [2.24, 2.45) is 4.99 Å². The van der Waals surface area contributed by atoms with Crippen LogP contribution in [0.25, 0.3) is 5.69 Å². The number of sulfonamides is 1. The van der Waals surface area contributed by atoms with Gasteiger partial charge in [-0.25, -0.2) is 13.1 Å². The summed E-state index contributed by atoms with van der Waals surface area (Å²) in [5.74, 6) is 0. The second kappa shape index (κ2) is 9.17. The van der Waals surface area contributed by atoms with Gasteiger partial charge in [0.1, 0.15) is 0 Å². The number of piperidine rings is 1. The fraction of sp³-hybridized carbons (Fsp3) is 0.304. The van der Waals surface area contributed by atoms with E-state index in [-0.39, 0.29) is 10.5 Å². The highest BCUT2D eigenvalue weighted by Gasteiger charge is 2.25. The first-order valence-corrected chi connectivity index (χ1v) is 12.7. The van der Waals surface area contributed by atoms with Gasteiger partial charge in [0.05, 0.1) is 21.8 Å². The molecule has 0 atom stereocenters. The summed E-state index contributed by atoms with van der Waals surface area (Å²) in [4.78, 5) is 17.6. The number of benzene rings is 2. The molecule has 0 radical (unpaired) electrons. The molecule has 0 unspecified atom stereocenters. The van der Waals surface area contributed by atoms with Crippen molar-refractivity contribution in [1.82, 2.24) is 14.1 Å². The van der Waals surface area contributed by atoms with Crippen molar-refractivity contribution in [2.75, 3.05) is 13.1 Å². The fourth-order valence-electron chi connectivity index (χ4n) is 3.76. The second-order valence-corrected chi connectivity index (χ2v) is 10.7. The van der Waals surface area contributed by atoms with Crippen molar-refractivity contribution in [3.63, 3.8) is 0 Å². The Hall–Kier alpha value is -2.49. The Bertz CT molecular complexity index is 1320. The van der Waals surface area contributed by atoms with Crippen molar-refractivity contribution in [3.8, 4) is 5.69 Å². The number of hydrogen-bond acceptors (Lipinski definition) is 4. The van der Waals surface area contributed by atoms with Crippen LogP contribution in [0.3, 0.4) is 0 Å². The van der Waals surface area contributed by atoms with Crippen LogP contribution in [0.15, 0.2) is 61.6 Å². The Morgan fingerprint density at radius 3 is 2.38 bits per heavy atom. The normalized spacial score (nSPS) is 15.5. The summed E-state index contributed by atoms with van der Waals surface area (Å²) < 4.78 is 29.6. The van der Waals surface area contributed by atoms with Gasteiger partial charge in [0.15, 0.2) is 0 Å². The molecule has 2 heterocycles. The van der Waals surface area contributed by atoms with Gasteiger partial charge in [-0.1, -0.05) is 22.4 Å². The van der Waals surface area contributed by atoms with Crippen LogP contribution in [-0.4, -0.2) is 41.8 Å². The molecule has 9 heteroatoms. The second-order valence-electron chi connectivity index (χ2n) is 7.94. The first-order chi connectivity index (χ1) is 15.3. The van der Waals surface area contributed by atoms with E-state index in [4.69, 9.17) is 0 Å². The van der Waals surface area contributed by atoms with Gasteiger partial charge in [-0.3, -0.25) is 14.9 Å². The number of halogens is 1. The molecule has 4 rings (SSSR count). The molecule has 1 N–H and O–H groups in total. The first kappa shape index (κ1) is 22.7. The zero-order chi connectivity index (χ0) is 22.9. The number of aromatic nitrogens is 2. The van der Waals surface area contributed by atoms with Crippen molar-refractivity contribution >= 4 is 37.9 Å². The van der Waals surface area contributed by atoms with Gasteiger partial charge in [0, 0.05) is 29.5 Å². The molecule has 2 aromatic carbocycles. The number of nitrogens with zero attached hydrogens (tertiary/aromatic N) is 3. The molecule has 1 saturated heterocycles. The van der Waals surface area contributed by atoms with Crippen molar-refractivity contribution < 1.29 is 8.42 Å². The van der Waals surface area contributed by atoms with Gasteiger partial charge in [0.2, 0.25) is 10.0 Å². The van der Waals surface area contributed by atoms with Crippen LogP contribution >= 0.6 is 15.9 Å². The van der Waals surface area contributed by atoms with Crippen LogP contribution in [0.4, 0.5) is 5.69 Å². The third-order valence-corrected chi connectivity index (χ3v) is 8.45. The van der Waals surface area contributed by atoms with Gasteiger partial charge in [0.25, 0.3) is 5.56 Å². The fourth-order valence-corrected chi connectivity index (χ4v) is 5.52. The lowest BCUT2D eigenvalue weighted by Gasteiger charge is -2.25. The van der Waals surface area contributed by atoms with Crippen molar-refractivity contribution in [2.45, 2.75) is 38.0 Å². The molecule has 1 fully saturated rings. The van der Waals surface area contributed by atoms with Gasteiger partial charge >= 0.3 is 0 Å². The minimum absolute atomic E-state index is 0.197. The van der Waals surface area contributed by atoms with E-state index in [2.05, 4.69) is 26.0 Å². The summed E-state index contributed by atoms with van der Waals surface area (Å²) in [6, 6.07) is 12.1. The van der Waals surface area contributed by atoms with Gasteiger partial charge in [-0.05, 0) is 74.7 Å². The average Bonchev–Trinajstić information content (AvgIpc) is 3.08. The Balaban J connectivity index is 1.57. The molecule has 1 aliphatic heterocycles. The molecule has 0 amide bonds. The lowest BCUT2D eigenvalue weighted by molar-refractivity contribution is 0.346. The Morgan fingerprint density at radius 2 is 1.72 bits per heavy atom. The largest absolute Gasteiger partial charge is 0.295 e. The van der Waals surface area contributed by atoms with E-state index in [1.807, 2.05) is 32.0 Å². The van der Waals surface area contributed by atoms with E-state index in [0.29, 0.717) is 30.0 Å². The standard InChI is InChI=1S/C23H25BrN4O3S/c1-16-14-19(8-11-22(16)24)28-23(29)21(17(2)26-28)15-25-18-6-9-20(10-7-18)32(30,31)27-12-4-3-5-13-27/h6-11,14-15,26H,3-5,12-13H2,1-2H3. The predicted octanol–water partition coefficient (Wildman–Crippen LogP) is 4.47. The summed E-state index contributed by atoms with van der Waals surface area (Å²) in [7, 11) is -3.47. The van der Waals surface area contributed by atoms with Crippen LogP contribution in [0, 0.1) is 13.8 Å². The van der Waals surface area contributed by atoms with Gasteiger partial charge < -0.3 is 0 Å². The molecule has 0 aliphatic carbocycles. The molecule has 32 heavy (non-hydrogen) atoms. The molecular formula is C23H25BrN4O3S. The quantitative estimate of drug-likeness (QED) is 0.507. The topological polar surface area (TPSA) is 87.5 Å². The number of aliphatic imine (C=N–C) groups is 1. The Kier molecular flexibility index (Phi) is 6.50. The SMILES string of the molecule is Cc1cc(-n2[nH]c(C)c(C=Nc3ccc(S(=O)(=O)N4CCCCC4)cc3)c2=O)ccc1Br. The number of aryl methyl sites for hydroxylation is 2. The summed E-state index contributed by atoms with van der Waals surface area (Å²) in [6.45, 7) is 4.92. The smallest absolute Gasteiger partial charge is 0.280 e. The highest BCUT2D eigenvalue weighted by Crippen LogP contribution is 2.23. The molecule has 0 spiro atoms. The van der Waals surface area contributed by atoms with Crippen LogP contribution < -0.4 is 5.56 Å². The Morgan fingerprint density at radius 1 is 1.03 bits per heavy atom. The van der Waals surface area contributed by atoms with E-state index in [1.54, 1.807) is 28.6 Å². The third-order valence-electron chi connectivity index (χ3n) is 5.65. The maximum absolute atomic E-state index is 12.9. The van der Waals surface area contributed by atoms with E-state index in [0.717, 1.165) is 35.0 Å². The summed E-state index contributed by atoms with van der Waals surface area (Å²) >= 11 is 3.47. The van der Waals surface area contributed by atoms with Crippen LogP contribution in [0.5, 0.6) is 0 Å². The van der Waals surface area contributed by atoms with E-state index >= 15 is 0 Å². The van der Waals surface area contributed by atoms with E-state index in [9.17, 15) is 13.2 Å². The minimum atomic E-state index is -3.47. The van der Waals surface area contributed by atoms with Crippen molar-refractivity contribution in [3.05, 3.63) is 74.1 Å². The predicted molar refractivity (Wildman–Crippen MR) is 130 cm³/mol. The molecule has 1 aromatic heterocycles. The number of hydrogen-bond donors (Lipinski definition) is 1. The minimum Gasteiger partial charge on any atom is -0.295 e.